The van der Waals surface area contributed by atoms with Gasteiger partial charge in [-0.1, -0.05) is 22.9 Å². The second kappa shape index (κ2) is 8.19. The van der Waals surface area contributed by atoms with Crippen molar-refractivity contribution in [1.29, 1.82) is 0 Å². The van der Waals surface area contributed by atoms with Gasteiger partial charge in [-0.15, -0.1) is 0 Å². The van der Waals surface area contributed by atoms with Gasteiger partial charge in [0, 0.05) is 22.7 Å². The number of fused-ring (bicyclic) bond motifs is 1. The van der Waals surface area contributed by atoms with Crippen LogP contribution in [0.15, 0.2) is 80.8 Å². The SMILES string of the molecule is O=C(c1ccc([N+](=O)[O-])cc1)N(c1ccc2oc(=O)sc2c1)S(=O)(=O)c1ccc(Cl)cc1. The fraction of sp³-hybridized carbons (Fsp3) is 0. The molecular weight excluding hydrogens is 480 g/mol. The molecule has 0 radical (unpaired) electrons. The molecule has 9 nitrogen and oxygen atoms in total. The van der Waals surface area contributed by atoms with E-state index < -0.39 is 25.8 Å². The van der Waals surface area contributed by atoms with Crippen molar-refractivity contribution in [1.82, 2.24) is 0 Å². The Morgan fingerprint density at radius 1 is 1.03 bits per heavy atom. The van der Waals surface area contributed by atoms with E-state index in [9.17, 15) is 28.1 Å². The lowest BCUT2D eigenvalue weighted by molar-refractivity contribution is -0.384. The molecule has 0 spiro atoms. The fourth-order valence-electron chi connectivity index (χ4n) is 2.91. The summed E-state index contributed by atoms with van der Waals surface area (Å²) < 4.78 is 32.8. The van der Waals surface area contributed by atoms with E-state index in [1.54, 1.807) is 0 Å². The molecule has 3 aromatic carbocycles. The number of nitro groups is 1. The van der Waals surface area contributed by atoms with Gasteiger partial charge >= 0.3 is 4.94 Å². The van der Waals surface area contributed by atoms with Crippen molar-refractivity contribution < 1.29 is 22.6 Å². The van der Waals surface area contributed by atoms with E-state index in [2.05, 4.69) is 0 Å². The van der Waals surface area contributed by atoms with E-state index in [0.29, 0.717) is 14.0 Å². The summed E-state index contributed by atoms with van der Waals surface area (Å²) in [5, 5.41) is 11.2. The lowest BCUT2D eigenvalue weighted by Gasteiger charge is -2.23. The molecular formula is C20H11ClN2O7S2. The van der Waals surface area contributed by atoms with Crippen molar-refractivity contribution in [3.05, 3.63) is 97.2 Å². The van der Waals surface area contributed by atoms with Crippen molar-refractivity contribution in [3.8, 4) is 0 Å². The van der Waals surface area contributed by atoms with Crippen LogP contribution in [0.5, 0.6) is 0 Å². The Morgan fingerprint density at radius 2 is 1.69 bits per heavy atom. The fourth-order valence-corrected chi connectivity index (χ4v) is 5.14. The smallest absolute Gasteiger partial charge is 0.396 e. The maximum Gasteiger partial charge on any atom is 0.396 e. The first-order chi connectivity index (χ1) is 15.2. The highest BCUT2D eigenvalue weighted by Gasteiger charge is 2.32. The minimum atomic E-state index is -4.42. The molecule has 1 amide bonds. The summed E-state index contributed by atoms with van der Waals surface area (Å²) in [5.41, 5.74) is -0.130. The standard InChI is InChI=1S/C20H11ClN2O7S2/c21-13-3-8-16(9-4-13)32(28,29)22(15-7-10-17-18(11-15)31-20(25)30-17)19(24)12-1-5-14(6-2-12)23(26)27/h1-11H. The average Bonchev–Trinajstić information content (AvgIpc) is 3.13. The Labute approximate surface area is 189 Å². The number of halogens is 1. The minimum Gasteiger partial charge on any atom is -0.414 e. The van der Waals surface area contributed by atoms with Crippen molar-refractivity contribution >= 4 is 60.5 Å². The van der Waals surface area contributed by atoms with Gasteiger partial charge in [-0.2, -0.15) is 4.31 Å². The lowest BCUT2D eigenvalue weighted by atomic mass is 10.2. The molecule has 0 fully saturated rings. The van der Waals surface area contributed by atoms with Gasteiger partial charge in [-0.3, -0.25) is 14.9 Å². The van der Waals surface area contributed by atoms with E-state index in [1.165, 1.54) is 54.6 Å². The van der Waals surface area contributed by atoms with Crippen molar-refractivity contribution in [3.63, 3.8) is 0 Å². The van der Waals surface area contributed by atoms with Crippen LogP contribution in [0.25, 0.3) is 10.3 Å². The van der Waals surface area contributed by atoms with Crippen molar-refractivity contribution in [2.75, 3.05) is 4.31 Å². The van der Waals surface area contributed by atoms with Crippen LogP contribution >= 0.6 is 22.9 Å². The third-order valence-electron chi connectivity index (χ3n) is 4.41. The molecule has 0 saturated carbocycles. The Kier molecular flexibility index (Phi) is 5.55. The number of anilines is 1. The average molecular weight is 491 g/mol. The monoisotopic (exact) mass is 490 g/mol. The predicted molar refractivity (Wildman–Crippen MR) is 119 cm³/mol. The van der Waals surface area contributed by atoms with Gasteiger partial charge < -0.3 is 4.42 Å². The molecule has 12 heteroatoms. The van der Waals surface area contributed by atoms with Gasteiger partial charge in [0.1, 0.15) is 5.58 Å². The van der Waals surface area contributed by atoms with E-state index in [0.717, 1.165) is 23.5 Å². The van der Waals surface area contributed by atoms with E-state index in [1.807, 2.05) is 0 Å². The Morgan fingerprint density at radius 3 is 2.31 bits per heavy atom. The first-order valence-electron chi connectivity index (χ1n) is 8.80. The molecule has 1 aromatic heterocycles. The maximum atomic E-state index is 13.4. The normalized spacial score (nSPS) is 11.4. The number of hydrogen-bond acceptors (Lipinski definition) is 8. The van der Waals surface area contributed by atoms with Gasteiger partial charge in [0.15, 0.2) is 0 Å². The number of hydrogen-bond donors (Lipinski definition) is 0. The molecule has 1 heterocycles. The van der Waals surface area contributed by atoms with Gasteiger partial charge in [-0.25, -0.2) is 13.2 Å². The first-order valence-corrected chi connectivity index (χ1v) is 11.4. The lowest BCUT2D eigenvalue weighted by Crippen LogP contribution is -2.37. The van der Waals surface area contributed by atoms with Crippen LogP contribution in [0.3, 0.4) is 0 Å². The number of benzene rings is 3. The second-order valence-electron chi connectivity index (χ2n) is 6.42. The molecule has 0 aliphatic rings. The third-order valence-corrected chi connectivity index (χ3v) is 7.18. The largest absolute Gasteiger partial charge is 0.414 e. The van der Waals surface area contributed by atoms with Crippen LogP contribution in [-0.2, 0) is 10.0 Å². The number of carbonyl (C=O) groups is 1. The zero-order valence-corrected chi connectivity index (χ0v) is 18.2. The number of nitro benzene ring substituents is 1. The van der Waals surface area contributed by atoms with Gasteiger partial charge in [0.05, 0.1) is 20.2 Å². The second-order valence-corrected chi connectivity index (χ2v) is 9.62. The van der Waals surface area contributed by atoms with Crippen molar-refractivity contribution in [2.45, 2.75) is 4.90 Å². The maximum absolute atomic E-state index is 13.4. The molecule has 162 valence electrons. The van der Waals surface area contributed by atoms with Crippen LogP contribution in [0.1, 0.15) is 10.4 Å². The number of carbonyl (C=O) groups excluding carboxylic acids is 1. The van der Waals surface area contributed by atoms with Crippen LogP contribution in [0, 0.1) is 10.1 Å². The molecule has 0 unspecified atom stereocenters. The third kappa shape index (κ3) is 4.00. The van der Waals surface area contributed by atoms with Crippen LogP contribution in [-0.4, -0.2) is 19.2 Å². The first kappa shape index (κ1) is 21.7. The topological polar surface area (TPSA) is 128 Å². The molecule has 0 aliphatic carbocycles. The number of nitrogens with zero attached hydrogens (tertiary/aromatic N) is 2. The summed E-state index contributed by atoms with van der Waals surface area (Å²) in [7, 11) is -4.42. The molecule has 0 atom stereocenters. The number of sulfonamides is 1. The van der Waals surface area contributed by atoms with Gasteiger partial charge in [0.2, 0.25) is 0 Å². The minimum absolute atomic E-state index is 0.0344. The highest BCUT2D eigenvalue weighted by molar-refractivity contribution is 7.93. The Balaban J connectivity index is 1.88. The highest BCUT2D eigenvalue weighted by atomic mass is 35.5. The quantitative estimate of drug-likeness (QED) is 0.298. The van der Waals surface area contributed by atoms with Crippen LogP contribution in [0.2, 0.25) is 5.02 Å². The zero-order valence-electron chi connectivity index (χ0n) is 15.8. The highest BCUT2D eigenvalue weighted by Crippen LogP contribution is 2.31. The molecule has 0 aliphatic heterocycles. The van der Waals surface area contributed by atoms with Crippen LogP contribution < -0.4 is 9.24 Å². The molecule has 0 bridgehead atoms. The van der Waals surface area contributed by atoms with Gasteiger partial charge in [-0.05, 0) is 54.6 Å². The van der Waals surface area contributed by atoms with Crippen molar-refractivity contribution in [2.24, 2.45) is 0 Å². The Bertz CT molecular complexity index is 1510. The molecule has 32 heavy (non-hydrogen) atoms. The molecule has 0 N–H and O–H groups in total. The Hall–Kier alpha value is -3.54. The molecule has 4 aromatic rings. The molecule has 0 saturated heterocycles. The number of amides is 1. The summed E-state index contributed by atoms with van der Waals surface area (Å²) in [4.78, 5) is 34.4. The van der Waals surface area contributed by atoms with E-state index in [-0.39, 0.29) is 27.4 Å². The predicted octanol–water partition coefficient (Wildman–Crippen LogP) is 4.45. The van der Waals surface area contributed by atoms with Crippen LogP contribution in [0.4, 0.5) is 11.4 Å². The summed E-state index contributed by atoms with van der Waals surface area (Å²) in [6.45, 7) is 0. The number of rotatable bonds is 5. The zero-order chi connectivity index (χ0) is 23.0. The van der Waals surface area contributed by atoms with Gasteiger partial charge in [0.25, 0.3) is 21.6 Å². The van der Waals surface area contributed by atoms with E-state index >= 15 is 0 Å². The summed E-state index contributed by atoms with van der Waals surface area (Å²) in [6.07, 6.45) is 0. The van der Waals surface area contributed by atoms with E-state index in [4.69, 9.17) is 16.0 Å². The number of non-ortho nitro benzene ring substituents is 1. The summed E-state index contributed by atoms with van der Waals surface area (Å²) in [5.74, 6) is -0.940. The summed E-state index contributed by atoms with van der Waals surface area (Å²) >= 11 is 6.61. The molecule has 4 rings (SSSR count). The summed E-state index contributed by atoms with van der Waals surface area (Å²) in [6, 6.07) is 13.8.